The molecule has 3 rings (SSSR count). The van der Waals surface area contributed by atoms with Crippen molar-refractivity contribution in [2.45, 2.75) is 13.5 Å². The number of anilines is 1. The van der Waals surface area contributed by atoms with Crippen LogP contribution in [-0.4, -0.2) is 18.5 Å². The SMILES string of the molecule is CCOC(=O)c1ccc(NC(=O)/C(C#N)=C/c2cc(Cl)ccc2OCc2ccc(F)cc2)cc1. The molecule has 0 heterocycles. The van der Waals surface area contributed by atoms with Crippen molar-refractivity contribution >= 4 is 35.2 Å². The van der Waals surface area contributed by atoms with Crippen LogP contribution in [0.4, 0.5) is 10.1 Å². The standard InChI is InChI=1S/C26H20ClFN2O4/c1-2-33-26(32)18-5-10-23(11-6-18)30-25(31)20(15-29)13-19-14-21(27)7-12-24(19)34-16-17-3-8-22(28)9-4-17/h3-14H,2,16H2,1H3,(H,30,31)/b20-13+. The van der Waals surface area contributed by atoms with Gasteiger partial charge >= 0.3 is 5.97 Å². The van der Waals surface area contributed by atoms with Crippen molar-refractivity contribution in [2.75, 3.05) is 11.9 Å². The Morgan fingerprint density at radius 3 is 2.44 bits per heavy atom. The number of benzene rings is 3. The average Bonchev–Trinajstić information content (AvgIpc) is 2.83. The molecule has 172 valence electrons. The molecule has 0 aliphatic carbocycles. The van der Waals surface area contributed by atoms with Gasteiger partial charge < -0.3 is 14.8 Å². The van der Waals surface area contributed by atoms with Crippen LogP contribution in [0.1, 0.15) is 28.4 Å². The minimum atomic E-state index is -0.643. The van der Waals surface area contributed by atoms with Crippen LogP contribution in [0.25, 0.3) is 6.08 Å². The lowest BCUT2D eigenvalue weighted by atomic mass is 10.1. The van der Waals surface area contributed by atoms with E-state index in [0.717, 1.165) is 5.56 Å². The zero-order valence-corrected chi connectivity index (χ0v) is 18.9. The fraction of sp³-hybridized carbons (Fsp3) is 0.115. The van der Waals surface area contributed by atoms with Crippen LogP contribution >= 0.6 is 11.6 Å². The topological polar surface area (TPSA) is 88.4 Å². The molecule has 1 N–H and O–H groups in total. The van der Waals surface area contributed by atoms with Crippen LogP contribution in [-0.2, 0) is 16.1 Å². The second-order valence-corrected chi connectivity index (χ2v) is 7.46. The first-order chi connectivity index (χ1) is 16.4. The molecule has 0 spiro atoms. The summed E-state index contributed by atoms with van der Waals surface area (Å²) in [6.45, 7) is 2.12. The van der Waals surface area contributed by atoms with E-state index in [1.165, 1.54) is 42.5 Å². The highest BCUT2D eigenvalue weighted by Crippen LogP contribution is 2.26. The smallest absolute Gasteiger partial charge is 0.338 e. The molecule has 0 aromatic heterocycles. The molecule has 0 fully saturated rings. The minimum Gasteiger partial charge on any atom is -0.488 e. The molecule has 0 atom stereocenters. The van der Waals surface area contributed by atoms with Crippen molar-refractivity contribution < 1.29 is 23.5 Å². The predicted octanol–water partition coefficient (Wildman–Crippen LogP) is 5.78. The lowest BCUT2D eigenvalue weighted by Gasteiger charge is -2.11. The van der Waals surface area contributed by atoms with Crippen LogP contribution in [0, 0.1) is 17.1 Å². The number of hydrogen-bond donors (Lipinski definition) is 1. The van der Waals surface area contributed by atoms with Crippen molar-refractivity contribution in [3.05, 3.63) is 99.8 Å². The largest absolute Gasteiger partial charge is 0.488 e. The van der Waals surface area contributed by atoms with Crippen molar-refractivity contribution in [3.8, 4) is 11.8 Å². The molecule has 0 saturated carbocycles. The molecule has 34 heavy (non-hydrogen) atoms. The van der Waals surface area contributed by atoms with Gasteiger partial charge in [0.1, 0.15) is 29.8 Å². The number of nitrogens with zero attached hydrogens (tertiary/aromatic N) is 1. The third-order valence-corrected chi connectivity index (χ3v) is 4.83. The maximum atomic E-state index is 13.1. The highest BCUT2D eigenvalue weighted by atomic mass is 35.5. The normalized spacial score (nSPS) is 10.8. The van der Waals surface area contributed by atoms with Crippen molar-refractivity contribution in [2.24, 2.45) is 0 Å². The lowest BCUT2D eigenvalue weighted by Crippen LogP contribution is -2.14. The monoisotopic (exact) mass is 478 g/mol. The zero-order valence-electron chi connectivity index (χ0n) is 18.2. The number of nitrogens with one attached hydrogen (secondary N) is 1. The maximum Gasteiger partial charge on any atom is 0.338 e. The summed E-state index contributed by atoms with van der Waals surface area (Å²) in [4.78, 5) is 24.4. The number of esters is 1. The number of rotatable bonds is 8. The Hall–Kier alpha value is -4.15. The quantitative estimate of drug-likeness (QED) is 0.252. The van der Waals surface area contributed by atoms with Gasteiger partial charge in [-0.05, 0) is 73.2 Å². The summed E-state index contributed by atoms with van der Waals surface area (Å²) in [5.41, 5.74) is 1.74. The van der Waals surface area contributed by atoms with Gasteiger partial charge in [-0.1, -0.05) is 23.7 Å². The Morgan fingerprint density at radius 2 is 1.79 bits per heavy atom. The molecule has 0 unspecified atom stereocenters. The first-order valence-electron chi connectivity index (χ1n) is 10.3. The Balaban J connectivity index is 1.76. The number of carbonyl (C=O) groups is 2. The number of amides is 1. The van der Waals surface area contributed by atoms with E-state index in [9.17, 15) is 19.2 Å². The van der Waals surface area contributed by atoms with Gasteiger partial charge in [-0.3, -0.25) is 4.79 Å². The molecule has 0 radical (unpaired) electrons. The summed E-state index contributed by atoms with van der Waals surface area (Å²) in [6, 6.07) is 18.7. The van der Waals surface area contributed by atoms with E-state index in [0.29, 0.717) is 27.6 Å². The van der Waals surface area contributed by atoms with E-state index in [2.05, 4.69) is 5.32 Å². The molecule has 3 aromatic carbocycles. The Labute approximate surface area is 201 Å². The molecule has 1 amide bonds. The zero-order chi connectivity index (χ0) is 24.5. The molecular formula is C26H20ClFN2O4. The highest BCUT2D eigenvalue weighted by molar-refractivity contribution is 6.30. The van der Waals surface area contributed by atoms with Crippen molar-refractivity contribution in [1.82, 2.24) is 0 Å². The van der Waals surface area contributed by atoms with E-state index < -0.39 is 11.9 Å². The number of ether oxygens (including phenoxy) is 2. The number of carbonyl (C=O) groups excluding carboxylic acids is 2. The van der Waals surface area contributed by atoms with Crippen molar-refractivity contribution in [1.29, 1.82) is 5.26 Å². The summed E-state index contributed by atoms with van der Waals surface area (Å²) >= 11 is 6.10. The highest BCUT2D eigenvalue weighted by Gasteiger charge is 2.13. The Morgan fingerprint density at radius 1 is 1.09 bits per heavy atom. The molecule has 0 saturated heterocycles. The maximum absolute atomic E-state index is 13.1. The first-order valence-corrected chi connectivity index (χ1v) is 10.6. The average molecular weight is 479 g/mol. The fourth-order valence-electron chi connectivity index (χ4n) is 2.91. The van der Waals surface area contributed by atoms with E-state index in [-0.39, 0.29) is 24.6 Å². The van der Waals surface area contributed by atoms with E-state index in [4.69, 9.17) is 21.1 Å². The van der Waals surface area contributed by atoms with E-state index in [1.807, 2.05) is 6.07 Å². The summed E-state index contributed by atoms with van der Waals surface area (Å²) in [7, 11) is 0. The Bertz CT molecular complexity index is 1250. The van der Waals surface area contributed by atoms with Crippen LogP contribution in [0.3, 0.4) is 0 Å². The second-order valence-electron chi connectivity index (χ2n) is 7.02. The predicted molar refractivity (Wildman–Crippen MR) is 127 cm³/mol. The van der Waals surface area contributed by atoms with Gasteiger partial charge in [0, 0.05) is 16.3 Å². The van der Waals surface area contributed by atoms with E-state index in [1.54, 1.807) is 37.3 Å². The Kier molecular flexibility index (Phi) is 8.38. The molecule has 3 aromatic rings. The van der Waals surface area contributed by atoms with Gasteiger partial charge in [0.2, 0.25) is 0 Å². The summed E-state index contributed by atoms with van der Waals surface area (Å²) < 4.78 is 23.8. The number of hydrogen-bond acceptors (Lipinski definition) is 5. The van der Waals surface area contributed by atoms with Gasteiger partial charge in [0.05, 0.1) is 12.2 Å². The molecule has 0 bridgehead atoms. The van der Waals surface area contributed by atoms with Crippen LogP contribution in [0.5, 0.6) is 5.75 Å². The molecule has 8 heteroatoms. The van der Waals surface area contributed by atoms with Crippen LogP contribution in [0.15, 0.2) is 72.3 Å². The molecular weight excluding hydrogens is 459 g/mol. The fourth-order valence-corrected chi connectivity index (χ4v) is 3.09. The van der Waals surface area contributed by atoms with Crippen LogP contribution in [0.2, 0.25) is 5.02 Å². The summed E-state index contributed by atoms with van der Waals surface area (Å²) in [5, 5.41) is 12.6. The first kappa shape index (κ1) is 24.5. The summed E-state index contributed by atoms with van der Waals surface area (Å²) in [6.07, 6.45) is 1.37. The third kappa shape index (κ3) is 6.67. The molecule has 6 nitrogen and oxygen atoms in total. The molecule has 0 aliphatic rings. The molecule has 0 aliphatic heterocycles. The lowest BCUT2D eigenvalue weighted by molar-refractivity contribution is -0.112. The third-order valence-electron chi connectivity index (χ3n) is 4.60. The second kappa shape index (κ2) is 11.6. The van der Waals surface area contributed by atoms with Gasteiger partial charge in [-0.25, -0.2) is 9.18 Å². The van der Waals surface area contributed by atoms with Gasteiger partial charge in [-0.15, -0.1) is 0 Å². The van der Waals surface area contributed by atoms with Gasteiger partial charge in [-0.2, -0.15) is 5.26 Å². The number of halogens is 2. The van der Waals surface area contributed by atoms with Crippen LogP contribution < -0.4 is 10.1 Å². The van der Waals surface area contributed by atoms with E-state index >= 15 is 0 Å². The summed E-state index contributed by atoms with van der Waals surface area (Å²) in [5.74, 6) is -1.06. The van der Waals surface area contributed by atoms with Crippen molar-refractivity contribution in [3.63, 3.8) is 0 Å². The minimum absolute atomic E-state index is 0.156. The van der Waals surface area contributed by atoms with Gasteiger partial charge in [0.25, 0.3) is 5.91 Å². The number of nitriles is 1. The van der Waals surface area contributed by atoms with Gasteiger partial charge in [0.15, 0.2) is 0 Å².